The molecule has 0 radical (unpaired) electrons. The van der Waals surface area contributed by atoms with E-state index < -0.39 is 47.7 Å². The van der Waals surface area contributed by atoms with E-state index in [2.05, 4.69) is 30.3 Å². The summed E-state index contributed by atoms with van der Waals surface area (Å²) in [4.78, 5) is 30.6. The number of halogens is 3. The van der Waals surface area contributed by atoms with Gasteiger partial charge in [0.2, 0.25) is 37.6 Å². The van der Waals surface area contributed by atoms with E-state index in [0.717, 1.165) is 24.2 Å². The third-order valence-electron chi connectivity index (χ3n) is 13.7. The lowest BCUT2D eigenvalue weighted by Gasteiger charge is -2.40. The van der Waals surface area contributed by atoms with Crippen molar-refractivity contribution in [3.05, 3.63) is 54.4 Å². The van der Waals surface area contributed by atoms with Gasteiger partial charge in [-0.25, -0.2) is 36.4 Å². The summed E-state index contributed by atoms with van der Waals surface area (Å²) in [5.74, 6) is 0.331. The Morgan fingerprint density at radius 2 is 1.27 bits per heavy atom. The van der Waals surface area contributed by atoms with Gasteiger partial charge in [0.05, 0.1) is 19.8 Å². The lowest BCUT2D eigenvalue weighted by atomic mass is 9.92. The van der Waals surface area contributed by atoms with Crippen LogP contribution in [-0.2, 0) is 56.8 Å². The topological polar surface area (TPSA) is 302 Å². The Morgan fingerprint density at radius 3 is 1.77 bits per heavy atom. The number of hydroxylamine groups is 2. The minimum absolute atomic E-state index is 0. The second kappa shape index (κ2) is 26.1. The van der Waals surface area contributed by atoms with Gasteiger partial charge in [-0.05, 0) is 105 Å². The molecule has 4 aromatic rings. The van der Waals surface area contributed by atoms with E-state index in [0.29, 0.717) is 88.0 Å². The molecule has 416 valence electrons. The van der Waals surface area contributed by atoms with Crippen LogP contribution in [0, 0.1) is 5.92 Å². The molecule has 2 aromatic heterocycles. The van der Waals surface area contributed by atoms with Crippen LogP contribution < -0.4 is 20.4 Å². The molecule has 6 heterocycles. The Labute approximate surface area is 432 Å². The summed E-state index contributed by atoms with van der Waals surface area (Å²) in [7, 11) is -6.35. The van der Waals surface area contributed by atoms with Crippen LogP contribution in [0.1, 0.15) is 83.9 Å². The van der Waals surface area contributed by atoms with Gasteiger partial charge in [0.1, 0.15) is 11.5 Å². The Balaban J connectivity index is 0.000000242. The number of alkyl halides is 3. The van der Waals surface area contributed by atoms with Gasteiger partial charge in [-0.15, -0.1) is 23.4 Å². The summed E-state index contributed by atoms with van der Waals surface area (Å²) in [6.07, 6.45) is 0.376. The summed E-state index contributed by atoms with van der Waals surface area (Å²) in [5, 5.41) is 34.5. The van der Waals surface area contributed by atoms with Crippen molar-refractivity contribution >= 4 is 31.9 Å². The normalized spacial score (nSPS) is 19.0. The minimum Gasteiger partial charge on any atom is -0.497 e. The summed E-state index contributed by atoms with van der Waals surface area (Å²) < 4.78 is 120. The first-order chi connectivity index (χ1) is 35.4. The predicted molar refractivity (Wildman–Crippen MR) is 259 cm³/mol. The number of sulfonamides is 2. The number of tetrazole rings is 1. The maximum Gasteiger partial charge on any atom is 0.573 e. The molecule has 0 atom stereocenters. The predicted octanol–water partition coefficient (Wildman–Crippen LogP) is 4.29. The average Bonchev–Trinajstić information content (AvgIpc) is 4.10. The number of piperidine rings is 2. The molecule has 4 fully saturated rings. The molecule has 4 N–H and O–H groups in total. The van der Waals surface area contributed by atoms with Crippen LogP contribution in [0.3, 0.4) is 0 Å². The summed E-state index contributed by atoms with van der Waals surface area (Å²) >= 11 is 0. The van der Waals surface area contributed by atoms with Crippen LogP contribution in [0.15, 0.2) is 53.1 Å². The van der Waals surface area contributed by atoms with Crippen molar-refractivity contribution in [2.24, 2.45) is 5.92 Å². The van der Waals surface area contributed by atoms with Crippen LogP contribution in [0.2, 0.25) is 0 Å². The quantitative estimate of drug-likeness (QED) is 0.0578. The van der Waals surface area contributed by atoms with Gasteiger partial charge >= 0.3 is 6.36 Å². The Morgan fingerprint density at radius 1 is 0.760 bits per heavy atom. The molecule has 29 heteroatoms. The van der Waals surface area contributed by atoms with Crippen molar-refractivity contribution in [1.29, 1.82) is 0 Å². The minimum atomic E-state index is -4.77. The SMILES string of the molecule is C.COc1ccc(-c2noc(CCCC3CCN(S(=O)(=O)C4(C(=O)NO)CCOCC4)CC3)n2)cc1.O=C(NO)C1(S(=O)(=O)N2CCC(OCCCn3nnc(-c4ccc(OC(F)(F)F)cc4)n3)CC2)CCOCC1. The van der Waals surface area contributed by atoms with Crippen molar-refractivity contribution < 1.29 is 78.2 Å². The highest BCUT2D eigenvalue weighted by molar-refractivity contribution is 7.91. The number of benzene rings is 2. The molecule has 0 saturated carbocycles. The number of methoxy groups -OCH3 is 1. The maximum atomic E-state index is 13.4. The van der Waals surface area contributed by atoms with Gasteiger partial charge in [0, 0.05) is 102 Å². The fourth-order valence-electron chi connectivity index (χ4n) is 9.45. The number of rotatable bonds is 19. The molecule has 4 aliphatic heterocycles. The fourth-order valence-corrected chi connectivity index (χ4v) is 13.7. The van der Waals surface area contributed by atoms with Crippen molar-refractivity contribution in [3.63, 3.8) is 0 Å². The van der Waals surface area contributed by atoms with Crippen LogP contribution in [0.4, 0.5) is 13.2 Å². The number of carbonyl (C=O) groups is 2. The van der Waals surface area contributed by atoms with Crippen molar-refractivity contribution in [2.75, 3.05) is 66.3 Å². The highest BCUT2D eigenvalue weighted by atomic mass is 32.2. The number of ether oxygens (including phenoxy) is 5. The molecule has 75 heavy (non-hydrogen) atoms. The van der Waals surface area contributed by atoms with Crippen molar-refractivity contribution in [3.8, 4) is 34.3 Å². The molecule has 4 aliphatic rings. The molecule has 24 nitrogen and oxygen atoms in total. The molecular weight excluding hydrogens is 1040 g/mol. The fraction of sp³-hybridized carbons (Fsp3) is 0.630. The Hall–Kier alpha value is -5.40. The third kappa shape index (κ3) is 14.2. The standard InChI is InChI=1S/C23H32N4O7S.C22H29F3N6O7S.CH4/c1-32-19-7-5-18(6-8-19)21-24-20(34-26-21)4-2-3-17-9-13-27(14-10-17)35(30,31)23(22(28)25-29)11-15-33-16-12-23;23-22(24,25)38-18-4-2-16(3-5-18)19-26-29-31(27-19)10-1-13-37-17-6-11-30(12-7-17)39(34,35)21(20(32)28-33)8-14-36-15-9-21;/h5-8,17,29H,2-4,9-16H2,1H3,(H,25,28);2-5,17,33H,1,6-15H2,(H,28,32);1H4. The van der Waals surface area contributed by atoms with E-state index in [1.54, 1.807) is 12.6 Å². The third-order valence-corrected chi connectivity index (χ3v) is 19.0. The van der Waals surface area contributed by atoms with Gasteiger partial charge in [-0.2, -0.15) is 9.78 Å². The second-order valence-corrected chi connectivity index (χ2v) is 22.7. The zero-order valence-electron chi connectivity index (χ0n) is 40.7. The first-order valence-electron chi connectivity index (χ1n) is 24.2. The maximum absolute atomic E-state index is 13.4. The zero-order valence-corrected chi connectivity index (χ0v) is 42.3. The van der Waals surface area contributed by atoms with Gasteiger partial charge in [0.25, 0.3) is 11.8 Å². The Kier molecular flexibility index (Phi) is 20.5. The first kappa shape index (κ1) is 58.9. The largest absolute Gasteiger partial charge is 0.573 e. The number of nitrogens with zero attached hydrogens (tertiary/aromatic N) is 8. The highest BCUT2D eigenvalue weighted by Crippen LogP contribution is 2.37. The number of aryl methyl sites for hydroxylation is 2. The van der Waals surface area contributed by atoms with Crippen molar-refractivity contribution in [1.82, 2.24) is 49.9 Å². The monoisotopic (exact) mass is 1100 g/mol. The van der Waals surface area contributed by atoms with E-state index in [4.69, 9.17) is 28.7 Å². The van der Waals surface area contributed by atoms with Gasteiger partial charge in [-0.3, -0.25) is 20.0 Å². The molecule has 2 aromatic carbocycles. The number of amides is 2. The molecule has 0 unspecified atom stereocenters. The van der Waals surface area contributed by atoms with Crippen LogP contribution in [0.5, 0.6) is 11.5 Å². The smallest absolute Gasteiger partial charge is 0.497 e. The van der Waals surface area contributed by atoms with E-state index in [1.807, 2.05) is 24.3 Å². The van der Waals surface area contributed by atoms with Gasteiger partial charge < -0.3 is 28.2 Å². The summed E-state index contributed by atoms with van der Waals surface area (Å²) in [6.45, 7) is 2.40. The van der Waals surface area contributed by atoms with Crippen LogP contribution in [0.25, 0.3) is 22.8 Å². The van der Waals surface area contributed by atoms with Gasteiger partial charge in [-0.1, -0.05) is 12.6 Å². The van der Waals surface area contributed by atoms with Gasteiger partial charge in [0.15, 0.2) is 9.49 Å². The van der Waals surface area contributed by atoms with Crippen LogP contribution >= 0.6 is 0 Å². The van der Waals surface area contributed by atoms with E-state index in [1.165, 1.54) is 43.2 Å². The Bertz CT molecular complexity index is 2670. The lowest BCUT2D eigenvalue weighted by molar-refractivity contribution is -0.274. The van der Waals surface area contributed by atoms with E-state index in [-0.39, 0.29) is 90.3 Å². The van der Waals surface area contributed by atoms with E-state index in [9.17, 15) is 44.8 Å². The van der Waals surface area contributed by atoms with Crippen molar-refractivity contribution in [2.45, 2.75) is 113 Å². The number of hydrogen-bond donors (Lipinski definition) is 4. The first-order valence-corrected chi connectivity index (χ1v) is 27.1. The summed E-state index contributed by atoms with van der Waals surface area (Å²) in [6, 6.07) is 12.6. The second-order valence-electron chi connectivity index (χ2n) is 18.2. The zero-order chi connectivity index (χ0) is 53.0. The molecule has 0 spiro atoms. The number of hydrogen-bond acceptors (Lipinski definition) is 19. The molecule has 0 aliphatic carbocycles. The lowest BCUT2D eigenvalue weighted by Crippen LogP contribution is -2.60. The molecular formula is C46H65F3N10O14S2. The average molecular weight is 1100 g/mol. The number of carbonyl (C=O) groups excluding carboxylic acids is 2. The number of aromatic nitrogens is 6. The highest BCUT2D eigenvalue weighted by Gasteiger charge is 2.56. The number of nitrogens with one attached hydrogen (secondary N) is 2. The van der Waals surface area contributed by atoms with E-state index >= 15 is 0 Å². The summed E-state index contributed by atoms with van der Waals surface area (Å²) in [5.41, 5.74) is 4.41. The molecule has 2 amide bonds. The van der Waals surface area contributed by atoms with Crippen LogP contribution in [-0.4, -0.2) is 166 Å². The molecule has 0 bridgehead atoms. The molecule has 8 rings (SSSR count). The molecule has 4 saturated heterocycles.